The molecule has 0 aliphatic heterocycles. The number of fused-ring (bicyclic) bond motifs is 3. The molecule has 0 saturated heterocycles. The largest absolute Gasteiger partial charge is 0.393 e. The van der Waals surface area contributed by atoms with Crippen LogP contribution >= 0.6 is 0 Å². The van der Waals surface area contributed by atoms with E-state index in [1.54, 1.807) is 7.05 Å². The molecule has 1 unspecified atom stereocenters. The summed E-state index contributed by atoms with van der Waals surface area (Å²) >= 11 is 0. The lowest BCUT2D eigenvalue weighted by Crippen LogP contribution is -2.20. The number of aliphatic hydroxyl groups is 1. The Morgan fingerprint density at radius 2 is 2.14 bits per heavy atom. The van der Waals surface area contributed by atoms with Gasteiger partial charge in [-0.2, -0.15) is 0 Å². The molecule has 3 aromatic rings. The van der Waals surface area contributed by atoms with E-state index < -0.39 is 5.92 Å². The zero-order valence-electron chi connectivity index (χ0n) is 15.9. The zero-order valence-corrected chi connectivity index (χ0v) is 15.9. The Morgan fingerprint density at radius 3 is 2.86 bits per heavy atom. The molecule has 28 heavy (non-hydrogen) atoms. The molecule has 7 heteroatoms. The molecule has 1 fully saturated rings. The van der Waals surface area contributed by atoms with Crippen LogP contribution in [0.15, 0.2) is 28.9 Å². The number of aldehydes is 1. The van der Waals surface area contributed by atoms with Crippen molar-refractivity contribution in [2.75, 3.05) is 7.05 Å². The van der Waals surface area contributed by atoms with E-state index in [2.05, 4.69) is 21.2 Å². The number of nitrogens with one attached hydrogen (secondary N) is 1. The first-order valence-electron chi connectivity index (χ1n) is 9.85. The Hall–Kier alpha value is -2.67. The fourth-order valence-electron chi connectivity index (χ4n) is 4.29. The summed E-state index contributed by atoms with van der Waals surface area (Å²) in [6, 6.07) is 6.32. The molecule has 1 amide bonds. The molecule has 1 aliphatic carbocycles. The van der Waals surface area contributed by atoms with Crippen molar-refractivity contribution in [2.45, 2.75) is 56.6 Å². The van der Waals surface area contributed by atoms with Gasteiger partial charge in [0, 0.05) is 36.6 Å². The van der Waals surface area contributed by atoms with E-state index in [-0.39, 0.29) is 18.4 Å². The molecule has 4 rings (SSSR count). The third-order valence-corrected chi connectivity index (χ3v) is 5.90. The summed E-state index contributed by atoms with van der Waals surface area (Å²) in [5, 5.41) is 18.4. The van der Waals surface area contributed by atoms with E-state index in [4.69, 9.17) is 4.52 Å². The van der Waals surface area contributed by atoms with Crippen molar-refractivity contribution in [3.05, 3.63) is 30.1 Å². The molecule has 148 valence electrons. The first kappa shape index (κ1) is 18.7. The molecule has 1 aromatic carbocycles. The summed E-state index contributed by atoms with van der Waals surface area (Å²) in [7, 11) is 1.58. The van der Waals surface area contributed by atoms with Gasteiger partial charge in [0.05, 0.1) is 17.4 Å². The molecular weight excluding hydrogens is 358 g/mol. The molecule has 2 N–H and O–H groups in total. The summed E-state index contributed by atoms with van der Waals surface area (Å²) in [4.78, 5) is 23.3. The monoisotopic (exact) mass is 383 g/mol. The number of rotatable bonds is 6. The summed E-state index contributed by atoms with van der Waals surface area (Å²) in [6.45, 7) is 0. The van der Waals surface area contributed by atoms with Crippen molar-refractivity contribution >= 4 is 34.1 Å². The molecule has 1 aliphatic rings. The number of carbonyl (C=O) groups is 2. The van der Waals surface area contributed by atoms with Gasteiger partial charge in [-0.1, -0.05) is 5.16 Å². The third kappa shape index (κ3) is 3.30. The van der Waals surface area contributed by atoms with Crippen LogP contribution in [0.2, 0.25) is 0 Å². The highest BCUT2D eigenvalue weighted by Gasteiger charge is 2.25. The quantitative estimate of drug-likeness (QED) is 0.638. The molecule has 1 saturated carbocycles. The molecule has 1 atom stereocenters. The smallest absolute Gasteiger partial charge is 0.219 e. The van der Waals surface area contributed by atoms with Crippen LogP contribution in [0.1, 0.15) is 56.2 Å². The van der Waals surface area contributed by atoms with Crippen LogP contribution in [0.5, 0.6) is 0 Å². The molecule has 7 nitrogen and oxygen atoms in total. The van der Waals surface area contributed by atoms with E-state index >= 15 is 0 Å². The molecular formula is C21H25N3O4. The van der Waals surface area contributed by atoms with Crippen molar-refractivity contribution in [1.29, 1.82) is 0 Å². The Kier molecular flexibility index (Phi) is 5.17. The second-order valence-electron chi connectivity index (χ2n) is 7.58. The van der Waals surface area contributed by atoms with Gasteiger partial charge in [0.1, 0.15) is 12.0 Å². The van der Waals surface area contributed by atoms with Crippen molar-refractivity contribution in [2.24, 2.45) is 0 Å². The Bertz CT molecular complexity index is 998. The maximum Gasteiger partial charge on any atom is 0.219 e. The number of amides is 1. The topological polar surface area (TPSA) is 97.4 Å². The van der Waals surface area contributed by atoms with E-state index in [9.17, 15) is 14.7 Å². The van der Waals surface area contributed by atoms with Gasteiger partial charge in [0.2, 0.25) is 5.91 Å². The van der Waals surface area contributed by atoms with Crippen LogP contribution in [0, 0.1) is 0 Å². The lowest BCUT2D eigenvalue weighted by molar-refractivity contribution is -0.120. The average molecular weight is 383 g/mol. The van der Waals surface area contributed by atoms with Crippen molar-refractivity contribution < 1.29 is 19.2 Å². The van der Waals surface area contributed by atoms with Gasteiger partial charge in [-0.25, -0.2) is 0 Å². The second-order valence-corrected chi connectivity index (χ2v) is 7.58. The van der Waals surface area contributed by atoms with Crippen LogP contribution in [0.25, 0.3) is 21.9 Å². The van der Waals surface area contributed by atoms with E-state index in [1.807, 2.05) is 18.2 Å². The summed E-state index contributed by atoms with van der Waals surface area (Å²) in [5.41, 5.74) is 2.32. The van der Waals surface area contributed by atoms with Gasteiger partial charge in [-0.15, -0.1) is 0 Å². The van der Waals surface area contributed by atoms with Gasteiger partial charge < -0.3 is 24.3 Å². The van der Waals surface area contributed by atoms with Crippen LogP contribution in [0.4, 0.5) is 0 Å². The molecule has 2 aromatic heterocycles. The number of hydrogen-bond acceptors (Lipinski definition) is 5. The predicted molar refractivity (Wildman–Crippen MR) is 105 cm³/mol. The SMILES string of the molecule is CNC(=O)CCC(C=O)c1noc2ccc3c(ccn3C3CCC(O)CC3)c12. The number of nitrogens with zero attached hydrogens (tertiary/aromatic N) is 2. The zero-order chi connectivity index (χ0) is 19.7. The van der Waals surface area contributed by atoms with Crippen LogP contribution < -0.4 is 5.32 Å². The molecule has 2 heterocycles. The van der Waals surface area contributed by atoms with Gasteiger partial charge >= 0.3 is 0 Å². The number of aliphatic hydroxyl groups excluding tert-OH is 1. The Morgan fingerprint density at radius 1 is 1.36 bits per heavy atom. The molecule has 0 radical (unpaired) electrons. The molecule has 0 bridgehead atoms. The standard InChI is InChI=1S/C21H25N3O4/c1-22-19(27)9-2-13(12-25)21-20-16-10-11-24(14-3-5-15(26)6-4-14)17(16)7-8-18(20)28-23-21/h7-8,10-15,26H,2-6,9H2,1H3,(H,22,27). The number of aromatic nitrogens is 2. The maximum atomic E-state index is 11.7. The highest BCUT2D eigenvalue weighted by atomic mass is 16.5. The number of benzene rings is 1. The van der Waals surface area contributed by atoms with E-state index in [0.717, 1.165) is 48.3 Å². The fraction of sp³-hybridized carbons (Fsp3) is 0.476. The minimum absolute atomic E-state index is 0.101. The van der Waals surface area contributed by atoms with Crippen LogP contribution in [0.3, 0.4) is 0 Å². The minimum atomic E-state index is -0.489. The number of carbonyl (C=O) groups excluding carboxylic acids is 2. The first-order chi connectivity index (χ1) is 13.6. The average Bonchev–Trinajstić information content (AvgIpc) is 3.33. The third-order valence-electron chi connectivity index (χ3n) is 5.90. The van der Waals surface area contributed by atoms with Crippen LogP contribution in [-0.2, 0) is 9.59 Å². The lowest BCUT2D eigenvalue weighted by Gasteiger charge is -2.27. The van der Waals surface area contributed by atoms with E-state index in [1.165, 1.54) is 0 Å². The van der Waals surface area contributed by atoms with Crippen molar-refractivity contribution in [3.63, 3.8) is 0 Å². The Labute approximate surface area is 162 Å². The summed E-state index contributed by atoms with van der Waals surface area (Å²) in [5.74, 6) is -0.590. The second kappa shape index (κ2) is 7.75. The van der Waals surface area contributed by atoms with Gasteiger partial charge in [-0.3, -0.25) is 4.79 Å². The fourth-order valence-corrected chi connectivity index (χ4v) is 4.29. The van der Waals surface area contributed by atoms with Crippen molar-refractivity contribution in [1.82, 2.24) is 15.0 Å². The summed E-state index contributed by atoms with van der Waals surface area (Å²) in [6.07, 6.45) is 6.91. The first-order valence-corrected chi connectivity index (χ1v) is 9.85. The highest BCUT2D eigenvalue weighted by molar-refractivity contribution is 6.07. The normalized spacial score (nSPS) is 21.1. The molecule has 0 spiro atoms. The predicted octanol–water partition coefficient (Wildman–Crippen LogP) is 3.07. The minimum Gasteiger partial charge on any atom is -0.393 e. The van der Waals surface area contributed by atoms with Gasteiger partial charge in [0.25, 0.3) is 0 Å². The maximum absolute atomic E-state index is 11.7. The van der Waals surface area contributed by atoms with Crippen molar-refractivity contribution in [3.8, 4) is 0 Å². The summed E-state index contributed by atoms with van der Waals surface area (Å²) < 4.78 is 7.75. The van der Waals surface area contributed by atoms with Gasteiger partial charge in [0.15, 0.2) is 5.58 Å². The number of hydrogen-bond donors (Lipinski definition) is 2. The van der Waals surface area contributed by atoms with Gasteiger partial charge in [-0.05, 0) is 50.3 Å². The van der Waals surface area contributed by atoms with E-state index in [0.29, 0.717) is 23.7 Å². The Balaban J connectivity index is 1.72. The lowest BCUT2D eigenvalue weighted by atomic mass is 9.93. The van der Waals surface area contributed by atoms with Crippen LogP contribution in [-0.4, -0.2) is 40.2 Å². The highest BCUT2D eigenvalue weighted by Crippen LogP contribution is 2.37.